The van der Waals surface area contributed by atoms with Gasteiger partial charge in [-0.2, -0.15) is 9.97 Å². The second-order valence-electron chi connectivity index (χ2n) is 10.7. The van der Waals surface area contributed by atoms with Crippen molar-refractivity contribution in [3.8, 4) is 45.0 Å². The molecular weight excluding hydrogens is 546 g/mol. The van der Waals surface area contributed by atoms with Crippen molar-refractivity contribution in [3.05, 3.63) is 151 Å². The van der Waals surface area contributed by atoms with Crippen LogP contribution in [0.25, 0.3) is 77.3 Å². The normalized spacial score (nSPS) is 11.4. The van der Waals surface area contributed by atoms with Gasteiger partial charge in [0.25, 0.3) is 0 Å². The minimum absolute atomic E-state index is 0.169. The van der Waals surface area contributed by atoms with Gasteiger partial charge >= 0.3 is 0 Å². The van der Waals surface area contributed by atoms with Gasteiger partial charge in [-0.25, -0.2) is 4.98 Å². The van der Waals surface area contributed by atoms with Crippen LogP contribution in [0.3, 0.4) is 0 Å². The summed E-state index contributed by atoms with van der Waals surface area (Å²) in [5.41, 5.74) is 6.52. The maximum absolute atomic E-state index is 6.52. The second-order valence-corrected chi connectivity index (χ2v) is 11.0. The number of hydrogen-bond donors (Lipinski definition) is 0. The van der Waals surface area contributed by atoms with Crippen molar-refractivity contribution < 1.29 is 0 Å². The molecule has 0 saturated carbocycles. The van der Waals surface area contributed by atoms with E-state index in [2.05, 4.69) is 137 Å². The molecule has 8 rings (SSSR count). The minimum Gasteiger partial charge on any atom is -0.208 e. The number of benzene rings is 7. The van der Waals surface area contributed by atoms with Crippen molar-refractivity contribution in [2.45, 2.75) is 0 Å². The number of fused-ring (bicyclic) bond motifs is 3. The fourth-order valence-electron chi connectivity index (χ4n) is 5.91. The Morgan fingerprint density at radius 2 is 0.953 bits per heavy atom. The molecule has 0 atom stereocenters. The highest BCUT2D eigenvalue weighted by molar-refractivity contribution is 6.28. The van der Waals surface area contributed by atoms with E-state index < -0.39 is 0 Å². The first-order chi connectivity index (χ1) is 21.2. The van der Waals surface area contributed by atoms with E-state index in [4.69, 9.17) is 16.6 Å². The molecule has 0 unspecified atom stereocenters. The molecule has 43 heavy (non-hydrogen) atoms. The molecule has 1 heterocycles. The van der Waals surface area contributed by atoms with Crippen LogP contribution < -0.4 is 0 Å². The summed E-state index contributed by atoms with van der Waals surface area (Å²) in [7, 11) is 0. The van der Waals surface area contributed by atoms with Crippen LogP contribution in [0.15, 0.2) is 146 Å². The molecule has 0 fully saturated rings. The Balaban J connectivity index is 1.20. The maximum atomic E-state index is 6.52. The Hall–Kier alpha value is -5.38. The smallest absolute Gasteiger partial charge is 0.208 e. The van der Waals surface area contributed by atoms with E-state index in [-0.39, 0.29) is 5.28 Å². The minimum atomic E-state index is 0.169. The van der Waals surface area contributed by atoms with Crippen LogP contribution in [-0.4, -0.2) is 15.0 Å². The van der Waals surface area contributed by atoms with E-state index in [0.717, 1.165) is 43.8 Å². The zero-order chi connectivity index (χ0) is 28.8. The van der Waals surface area contributed by atoms with E-state index in [1.807, 2.05) is 18.2 Å². The van der Waals surface area contributed by atoms with Gasteiger partial charge < -0.3 is 0 Å². The zero-order valence-corrected chi connectivity index (χ0v) is 23.8. The van der Waals surface area contributed by atoms with Crippen LogP contribution in [-0.2, 0) is 0 Å². The van der Waals surface area contributed by atoms with E-state index in [1.165, 1.54) is 21.9 Å². The molecule has 0 bridgehead atoms. The molecule has 1 aromatic heterocycles. The lowest BCUT2D eigenvalue weighted by molar-refractivity contribution is 1.07. The maximum Gasteiger partial charge on any atom is 0.226 e. The summed E-state index contributed by atoms with van der Waals surface area (Å²) < 4.78 is 0. The number of hydrogen-bond acceptors (Lipinski definition) is 3. The molecule has 0 spiro atoms. The summed E-state index contributed by atoms with van der Waals surface area (Å²) in [5.74, 6) is 1.10. The molecule has 0 amide bonds. The molecule has 0 radical (unpaired) electrons. The van der Waals surface area contributed by atoms with Crippen LogP contribution >= 0.6 is 11.6 Å². The molecule has 8 aromatic rings. The first kappa shape index (κ1) is 25.3. The third-order valence-electron chi connectivity index (χ3n) is 8.04. The van der Waals surface area contributed by atoms with Crippen molar-refractivity contribution in [3.63, 3.8) is 0 Å². The number of aromatic nitrogens is 3. The lowest BCUT2D eigenvalue weighted by Gasteiger charge is -2.11. The average molecular weight is 570 g/mol. The van der Waals surface area contributed by atoms with Crippen LogP contribution in [0, 0.1) is 0 Å². The van der Waals surface area contributed by atoms with E-state index in [9.17, 15) is 0 Å². The second kappa shape index (κ2) is 10.5. The molecule has 0 aliphatic carbocycles. The summed E-state index contributed by atoms with van der Waals surface area (Å²) in [6.07, 6.45) is 0. The summed E-state index contributed by atoms with van der Waals surface area (Å²) >= 11 is 6.52. The average Bonchev–Trinajstić information content (AvgIpc) is 3.07. The third kappa shape index (κ3) is 4.70. The summed E-state index contributed by atoms with van der Waals surface area (Å²) in [5, 5.41) is 7.09. The molecule has 3 nitrogen and oxygen atoms in total. The number of halogens is 1. The Labute approximate surface area is 254 Å². The lowest BCUT2D eigenvalue weighted by atomic mass is 9.96. The largest absolute Gasteiger partial charge is 0.226 e. The van der Waals surface area contributed by atoms with Crippen molar-refractivity contribution in [2.75, 3.05) is 0 Å². The number of rotatable bonds is 4. The highest BCUT2D eigenvalue weighted by atomic mass is 35.5. The van der Waals surface area contributed by atoms with E-state index in [1.54, 1.807) is 0 Å². The Morgan fingerprint density at radius 3 is 1.79 bits per heavy atom. The SMILES string of the molecule is Clc1nc(-c2ccc3cc(-c4cccc5ccccc45)ccc3c2)nc(-c2cccc3ccc(-c4ccccc4)cc23)n1. The lowest BCUT2D eigenvalue weighted by Crippen LogP contribution is -1.98. The molecule has 0 saturated heterocycles. The summed E-state index contributed by atoms with van der Waals surface area (Å²) in [6, 6.07) is 50.9. The molecule has 0 N–H and O–H groups in total. The van der Waals surface area contributed by atoms with E-state index in [0.29, 0.717) is 11.6 Å². The fraction of sp³-hybridized carbons (Fsp3) is 0. The predicted molar refractivity (Wildman–Crippen MR) is 179 cm³/mol. The van der Waals surface area contributed by atoms with Crippen molar-refractivity contribution in [2.24, 2.45) is 0 Å². The third-order valence-corrected chi connectivity index (χ3v) is 8.21. The predicted octanol–water partition coefficient (Wildman–Crippen LogP) is 10.7. The van der Waals surface area contributed by atoms with Gasteiger partial charge in [0.2, 0.25) is 5.28 Å². The van der Waals surface area contributed by atoms with Crippen LogP contribution in [0.4, 0.5) is 0 Å². The molecule has 202 valence electrons. The Kier molecular flexibility index (Phi) is 6.17. The summed E-state index contributed by atoms with van der Waals surface area (Å²) in [4.78, 5) is 14.0. The molecule has 7 aromatic carbocycles. The molecule has 0 aliphatic rings. The van der Waals surface area contributed by atoms with E-state index >= 15 is 0 Å². The van der Waals surface area contributed by atoms with Gasteiger partial charge in [0.15, 0.2) is 11.6 Å². The van der Waals surface area contributed by atoms with Crippen molar-refractivity contribution >= 4 is 43.9 Å². The van der Waals surface area contributed by atoms with Gasteiger partial charge in [0.1, 0.15) is 0 Å². The molecule has 4 heteroatoms. The van der Waals surface area contributed by atoms with Crippen LogP contribution in [0.5, 0.6) is 0 Å². The standard InChI is InChI=1S/C39H24ClN3/c40-39-42-37(41-38(43-39)35-15-7-12-27-16-17-30(24-36(27)35)25-8-2-1-3-9-25)32-21-19-28-22-31(20-18-29(28)23-32)34-14-6-11-26-10-4-5-13-33(26)34/h1-24H. The van der Waals surface area contributed by atoms with Crippen molar-refractivity contribution in [1.82, 2.24) is 15.0 Å². The van der Waals surface area contributed by atoms with Gasteiger partial charge in [-0.05, 0) is 84.4 Å². The first-order valence-electron chi connectivity index (χ1n) is 14.2. The van der Waals surface area contributed by atoms with Crippen LogP contribution in [0.1, 0.15) is 0 Å². The van der Waals surface area contributed by atoms with Gasteiger partial charge in [0, 0.05) is 11.1 Å². The fourth-order valence-corrected chi connectivity index (χ4v) is 6.07. The monoisotopic (exact) mass is 569 g/mol. The Bertz CT molecular complexity index is 2310. The molecular formula is C39H24ClN3. The van der Waals surface area contributed by atoms with Crippen molar-refractivity contribution in [1.29, 1.82) is 0 Å². The van der Waals surface area contributed by atoms with Gasteiger partial charge in [0.05, 0.1) is 0 Å². The molecule has 0 aliphatic heterocycles. The van der Waals surface area contributed by atoms with Crippen LogP contribution in [0.2, 0.25) is 5.28 Å². The number of nitrogens with zero attached hydrogens (tertiary/aromatic N) is 3. The topological polar surface area (TPSA) is 38.7 Å². The summed E-state index contributed by atoms with van der Waals surface area (Å²) in [6.45, 7) is 0. The van der Waals surface area contributed by atoms with Gasteiger partial charge in [-0.15, -0.1) is 0 Å². The highest BCUT2D eigenvalue weighted by Crippen LogP contribution is 2.34. The van der Waals surface area contributed by atoms with Gasteiger partial charge in [-0.3, -0.25) is 0 Å². The first-order valence-corrected chi connectivity index (χ1v) is 14.6. The Morgan fingerprint density at radius 1 is 0.349 bits per heavy atom. The van der Waals surface area contributed by atoms with Gasteiger partial charge in [-0.1, -0.05) is 127 Å². The quantitative estimate of drug-likeness (QED) is 0.211. The highest BCUT2D eigenvalue weighted by Gasteiger charge is 2.14. The zero-order valence-electron chi connectivity index (χ0n) is 23.1.